The van der Waals surface area contributed by atoms with Gasteiger partial charge in [0.2, 0.25) is 0 Å². The van der Waals surface area contributed by atoms with Crippen molar-refractivity contribution in [2.75, 3.05) is 20.2 Å². The minimum atomic E-state index is -0.0661. The molecule has 2 aromatic rings. The Morgan fingerprint density at radius 3 is 1.85 bits per heavy atom. The first-order chi connectivity index (χ1) is 16.5. The van der Waals surface area contributed by atoms with Gasteiger partial charge in [-0.2, -0.15) is 0 Å². The second-order valence-electron chi connectivity index (χ2n) is 9.65. The predicted octanol–water partition coefficient (Wildman–Crippen LogP) is 4.86. The highest BCUT2D eigenvalue weighted by atomic mass is 16.5. The minimum absolute atomic E-state index is 0.0313. The Bertz CT molecular complexity index is 1000. The Labute approximate surface area is 202 Å². The molecule has 1 aliphatic carbocycles. The molecule has 0 aromatic heterocycles. The topological polar surface area (TPSA) is 96.5 Å². The molecule has 4 rings (SSSR count). The number of hydrogen-bond donors (Lipinski definition) is 2. The van der Waals surface area contributed by atoms with Crippen molar-refractivity contribution < 1.29 is 14.3 Å². The van der Waals surface area contributed by atoms with Crippen molar-refractivity contribution in [3.05, 3.63) is 59.7 Å². The molecular formula is C28H35N3O3. The highest BCUT2D eigenvalue weighted by molar-refractivity contribution is 5.96. The van der Waals surface area contributed by atoms with Crippen LogP contribution in [0.15, 0.2) is 48.5 Å². The van der Waals surface area contributed by atoms with Gasteiger partial charge in [0.1, 0.15) is 5.84 Å². The summed E-state index contributed by atoms with van der Waals surface area (Å²) < 4.78 is 5.19. The van der Waals surface area contributed by atoms with Gasteiger partial charge >= 0.3 is 5.97 Å². The lowest BCUT2D eigenvalue weighted by molar-refractivity contribution is -0.151. The number of ether oxygens (including phenoxy) is 1. The van der Waals surface area contributed by atoms with Crippen LogP contribution in [0.4, 0.5) is 0 Å². The fourth-order valence-electron chi connectivity index (χ4n) is 5.69. The van der Waals surface area contributed by atoms with E-state index in [0.717, 1.165) is 36.8 Å². The number of piperidine rings is 1. The molecule has 180 valence electrons. The average molecular weight is 462 g/mol. The van der Waals surface area contributed by atoms with Crippen LogP contribution < -0.4 is 5.73 Å². The summed E-state index contributed by atoms with van der Waals surface area (Å²) in [5, 5.41) is 7.51. The molecule has 0 spiro atoms. The molecule has 1 atom stereocenters. The molecule has 34 heavy (non-hydrogen) atoms. The summed E-state index contributed by atoms with van der Waals surface area (Å²) in [6, 6.07) is 15.2. The molecule has 2 aliphatic rings. The van der Waals surface area contributed by atoms with E-state index in [9.17, 15) is 9.59 Å². The SMILES string of the molecule is COC(=O)C(C1CCCCC1)C1CCN(C(=O)c2ccc(-c3ccc(C(=N)N)cc3)cc2)CC1. The summed E-state index contributed by atoms with van der Waals surface area (Å²) in [6.45, 7) is 1.36. The number of methoxy groups -OCH3 is 1. The van der Waals surface area contributed by atoms with Crippen molar-refractivity contribution in [2.24, 2.45) is 23.5 Å². The third-order valence-electron chi connectivity index (χ3n) is 7.63. The van der Waals surface area contributed by atoms with E-state index in [1.54, 1.807) is 0 Å². The van der Waals surface area contributed by atoms with E-state index in [4.69, 9.17) is 15.9 Å². The molecule has 1 heterocycles. The Hall–Kier alpha value is -3.15. The van der Waals surface area contributed by atoms with Gasteiger partial charge in [0.15, 0.2) is 0 Å². The second kappa shape index (κ2) is 10.9. The van der Waals surface area contributed by atoms with Crippen LogP contribution in [-0.2, 0) is 9.53 Å². The molecule has 1 amide bonds. The number of hydrogen-bond acceptors (Lipinski definition) is 4. The number of esters is 1. The largest absolute Gasteiger partial charge is 0.469 e. The zero-order chi connectivity index (χ0) is 24.1. The standard InChI is InChI=1S/C28H35N3O3/c1-34-28(33)25(21-5-3-2-4-6-21)22-15-17-31(18-16-22)27(32)24-13-9-20(10-14-24)19-7-11-23(12-8-19)26(29)30/h7-14,21-22,25H,2-6,15-18H2,1H3,(H3,29,30). The number of amidine groups is 1. The molecule has 2 aromatic carbocycles. The van der Waals surface area contributed by atoms with Gasteiger partial charge in [-0.3, -0.25) is 15.0 Å². The minimum Gasteiger partial charge on any atom is -0.469 e. The smallest absolute Gasteiger partial charge is 0.309 e. The lowest BCUT2D eigenvalue weighted by Crippen LogP contribution is -2.43. The van der Waals surface area contributed by atoms with Gasteiger partial charge in [-0.25, -0.2) is 0 Å². The predicted molar refractivity (Wildman–Crippen MR) is 134 cm³/mol. The number of rotatable bonds is 6. The quantitative estimate of drug-likeness (QED) is 0.365. The van der Waals surface area contributed by atoms with Crippen LogP contribution in [0.5, 0.6) is 0 Å². The number of nitrogens with two attached hydrogens (primary N) is 1. The third kappa shape index (κ3) is 5.32. The summed E-state index contributed by atoms with van der Waals surface area (Å²) in [5.74, 6) is 0.711. The Morgan fingerprint density at radius 1 is 0.853 bits per heavy atom. The molecule has 1 aliphatic heterocycles. The summed E-state index contributed by atoms with van der Waals surface area (Å²) in [7, 11) is 1.50. The number of benzene rings is 2. The number of nitrogens with one attached hydrogen (secondary N) is 1. The van der Waals surface area contributed by atoms with Crippen molar-refractivity contribution in [1.29, 1.82) is 5.41 Å². The number of likely N-dealkylation sites (tertiary alicyclic amines) is 1. The number of nitrogens with zero attached hydrogens (tertiary/aromatic N) is 1. The van der Waals surface area contributed by atoms with Crippen LogP contribution in [0.3, 0.4) is 0 Å². The molecule has 3 N–H and O–H groups in total. The van der Waals surface area contributed by atoms with Gasteiger partial charge in [-0.05, 0) is 60.8 Å². The zero-order valence-electron chi connectivity index (χ0n) is 20.0. The third-order valence-corrected chi connectivity index (χ3v) is 7.63. The second-order valence-corrected chi connectivity index (χ2v) is 9.65. The van der Waals surface area contributed by atoms with Gasteiger partial charge in [-0.1, -0.05) is 55.7 Å². The molecule has 6 heteroatoms. The van der Waals surface area contributed by atoms with E-state index in [1.807, 2.05) is 53.4 Å². The monoisotopic (exact) mass is 461 g/mol. The van der Waals surface area contributed by atoms with E-state index in [-0.39, 0.29) is 23.6 Å². The van der Waals surface area contributed by atoms with Crippen LogP contribution in [0.25, 0.3) is 11.1 Å². The van der Waals surface area contributed by atoms with Gasteiger partial charge in [0, 0.05) is 24.2 Å². The molecule has 1 saturated carbocycles. The maximum Gasteiger partial charge on any atom is 0.309 e. The first-order valence-electron chi connectivity index (χ1n) is 12.4. The number of nitrogen functional groups attached to an aromatic ring is 1. The summed E-state index contributed by atoms with van der Waals surface area (Å²) in [4.78, 5) is 27.7. The first kappa shape index (κ1) is 24.0. The Balaban J connectivity index is 1.38. The van der Waals surface area contributed by atoms with Crippen molar-refractivity contribution in [2.45, 2.75) is 44.9 Å². The number of amides is 1. The first-order valence-corrected chi connectivity index (χ1v) is 12.4. The normalized spacial score (nSPS) is 18.3. The fraction of sp³-hybridized carbons (Fsp3) is 0.464. The highest BCUT2D eigenvalue weighted by Crippen LogP contribution is 2.39. The van der Waals surface area contributed by atoms with Crippen LogP contribution in [0.2, 0.25) is 0 Å². The van der Waals surface area contributed by atoms with Gasteiger partial charge in [0.25, 0.3) is 5.91 Å². The molecular weight excluding hydrogens is 426 g/mol. The van der Waals surface area contributed by atoms with E-state index in [2.05, 4.69) is 0 Å². The lowest BCUT2D eigenvalue weighted by atomic mass is 9.71. The van der Waals surface area contributed by atoms with E-state index in [0.29, 0.717) is 36.1 Å². The summed E-state index contributed by atoms with van der Waals surface area (Å²) >= 11 is 0. The summed E-state index contributed by atoms with van der Waals surface area (Å²) in [5.41, 5.74) is 8.93. The summed E-state index contributed by atoms with van der Waals surface area (Å²) in [6.07, 6.45) is 7.59. The van der Waals surface area contributed by atoms with Crippen molar-refractivity contribution in [3.8, 4) is 11.1 Å². The molecule has 1 saturated heterocycles. The molecule has 1 unspecified atom stereocenters. The Morgan fingerprint density at radius 2 is 1.35 bits per heavy atom. The molecule has 6 nitrogen and oxygen atoms in total. The van der Waals surface area contributed by atoms with Crippen LogP contribution in [-0.4, -0.2) is 42.8 Å². The van der Waals surface area contributed by atoms with E-state index >= 15 is 0 Å². The lowest BCUT2D eigenvalue weighted by Gasteiger charge is -2.39. The average Bonchev–Trinajstić information content (AvgIpc) is 2.89. The van der Waals surface area contributed by atoms with Crippen LogP contribution in [0, 0.1) is 23.2 Å². The van der Waals surface area contributed by atoms with Crippen LogP contribution in [0.1, 0.15) is 60.9 Å². The fourth-order valence-corrected chi connectivity index (χ4v) is 5.69. The molecule has 0 radical (unpaired) electrons. The van der Waals surface area contributed by atoms with Crippen molar-refractivity contribution in [3.63, 3.8) is 0 Å². The maximum atomic E-state index is 13.1. The molecule has 2 fully saturated rings. The zero-order valence-corrected chi connectivity index (χ0v) is 20.0. The van der Waals surface area contributed by atoms with Crippen molar-refractivity contribution in [1.82, 2.24) is 4.90 Å². The number of carbonyl (C=O) groups excluding carboxylic acids is 2. The molecule has 0 bridgehead atoms. The van der Waals surface area contributed by atoms with Gasteiger partial charge < -0.3 is 15.4 Å². The van der Waals surface area contributed by atoms with Crippen molar-refractivity contribution >= 4 is 17.7 Å². The Kier molecular flexibility index (Phi) is 7.66. The van der Waals surface area contributed by atoms with E-state index in [1.165, 1.54) is 26.4 Å². The van der Waals surface area contributed by atoms with Gasteiger partial charge in [-0.15, -0.1) is 0 Å². The van der Waals surface area contributed by atoms with Gasteiger partial charge in [0.05, 0.1) is 13.0 Å². The highest BCUT2D eigenvalue weighted by Gasteiger charge is 2.38. The maximum absolute atomic E-state index is 13.1. The van der Waals surface area contributed by atoms with Crippen LogP contribution >= 0.6 is 0 Å². The number of carbonyl (C=O) groups is 2. The van der Waals surface area contributed by atoms with E-state index < -0.39 is 0 Å².